The van der Waals surface area contributed by atoms with E-state index in [-0.39, 0.29) is 18.1 Å². The summed E-state index contributed by atoms with van der Waals surface area (Å²) in [6, 6.07) is 0. The summed E-state index contributed by atoms with van der Waals surface area (Å²) < 4.78 is 5.72. The molecule has 0 aromatic carbocycles. The van der Waals surface area contributed by atoms with Crippen LogP contribution in [0, 0.1) is 5.92 Å². The van der Waals surface area contributed by atoms with Gasteiger partial charge in [-0.25, -0.2) is 0 Å². The first-order valence-electron chi connectivity index (χ1n) is 5.99. The van der Waals surface area contributed by atoms with Gasteiger partial charge in [0, 0.05) is 0 Å². The second kappa shape index (κ2) is 6.11. The van der Waals surface area contributed by atoms with Crippen LogP contribution in [-0.2, 0) is 9.53 Å². The van der Waals surface area contributed by atoms with Gasteiger partial charge in [-0.2, -0.15) is 0 Å². The molecule has 3 nitrogen and oxygen atoms in total. The zero-order valence-electron chi connectivity index (χ0n) is 9.74. The summed E-state index contributed by atoms with van der Waals surface area (Å²) in [4.78, 5) is 11.1. The minimum absolute atomic E-state index is 0.0807. The highest BCUT2D eigenvalue weighted by atomic mass is 16.5. The lowest BCUT2D eigenvalue weighted by Crippen LogP contribution is -2.33. The standard InChI is InChI=1S/C12H22O3/c1-9(2)15-11-8-6-4-3-5-7-10(11)12(13)14/h9-11H,3-8H2,1-2H3,(H,13,14). The Bertz CT molecular complexity index is 201. The molecule has 2 unspecified atom stereocenters. The van der Waals surface area contributed by atoms with Crippen LogP contribution < -0.4 is 0 Å². The van der Waals surface area contributed by atoms with Crippen LogP contribution in [0.15, 0.2) is 0 Å². The van der Waals surface area contributed by atoms with Crippen molar-refractivity contribution in [2.75, 3.05) is 0 Å². The number of carboxylic acids is 1. The lowest BCUT2D eigenvalue weighted by Gasteiger charge is -2.28. The Morgan fingerprint density at radius 2 is 1.80 bits per heavy atom. The van der Waals surface area contributed by atoms with Crippen LogP contribution >= 0.6 is 0 Å². The molecule has 1 aliphatic rings. The average molecular weight is 214 g/mol. The van der Waals surface area contributed by atoms with Crippen LogP contribution in [0.1, 0.15) is 52.4 Å². The fraction of sp³-hybridized carbons (Fsp3) is 0.917. The second-order valence-electron chi connectivity index (χ2n) is 4.66. The fourth-order valence-electron chi connectivity index (χ4n) is 2.25. The number of ether oxygens (including phenoxy) is 1. The normalized spacial score (nSPS) is 28.5. The SMILES string of the molecule is CC(C)OC1CCCCCCC1C(=O)O. The molecule has 15 heavy (non-hydrogen) atoms. The monoisotopic (exact) mass is 214 g/mol. The third-order valence-electron chi connectivity index (χ3n) is 2.97. The molecule has 0 amide bonds. The Morgan fingerprint density at radius 3 is 2.33 bits per heavy atom. The van der Waals surface area contributed by atoms with Gasteiger partial charge in [0.2, 0.25) is 0 Å². The van der Waals surface area contributed by atoms with E-state index in [4.69, 9.17) is 9.84 Å². The summed E-state index contributed by atoms with van der Waals surface area (Å²) in [5, 5.41) is 9.16. The molecule has 1 aliphatic carbocycles. The van der Waals surface area contributed by atoms with Crippen LogP contribution in [0.4, 0.5) is 0 Å². The van der Waals surface area contributed by atoms with Crippen molar-refractivity contribution in [1.82, 2.24) is 0 Å². The van der Waals surface area contributed by atoms with Gasteiger partial charge in [-0.3, -0.25) is 4.79 Å². The zero-order valence-corrected chi connectivity index (χ0v) is 9.74. The Labute approximate surface area is 91.8 Å². The summed E-state index contributed by atoms with van der Waals surface area (Å²) in [6.07, 6.45) is 6.21. The predicted octanol–water partition coefficient (Wildman–Crippen LogP) is 2.84. The van der Waals surface area contributed by atoms with Crippen LogP contribution in [-0.4, -0.2) is 23.3 Å². The summed E-state index contributed by atoms with van der Waals surface area (Å²) in [6.45, 7) is 3.94. The summed E-state index contributed by atoms with van der Waals surface area (Å²) in [7, 11) is 0. The maximum atomic E-state index is 11.1. The molecule has 0 heterocycles. The van der Waals surface area contributed by atoms with Crippen molar-refractivity contribution in [1.29, 1.82) is 0 Å². The first-order valence-corrected chi connectivity index (χ1v) is 5.99. The van der Waals surface area contributed by atoms with E-state index >= 15 is 0 Å². The van der Waals surface area contributed by atoms with E-state index in [1.807, 2.05) is 13.8 Å². The van der Waals surface area contributed by atoms with Crippen molar-refractivity contribution in [2.45, 2.75) is 64.6 Å². The molecule has 0 radical (unpaired) electrons. The number of aliphatic carboxylic acids is 1. The zero-order chi connectivity index (χ0) is 11.3. The van der Waals surface area contributed by atoms with E-state index in [9.17, 15) is 4.79 Å². The molecular weight excluding hydrogens is 192 g/mol. The van der Waals surface area contributed by atoms with Gasteiger partial charge in [0.05, 0.1) is 18.1 Å². The van der Waals surface area contributed by atoms with Crippen molar-refractivity contribution < 1.29 is 14.6 Å². The van der Waals surface area contributed by atoms with Gasteiger partial charge in [-0.15, -0.1) is 0 Å². The Morgan fingerprint density at radius 1 is 1.20 bits per heavy atom. The van der Waals surface area contributed by atoms with E-state index in [2.05, 4.69) is 0 Å². The third-order valence-corrected chi connectivity index (χ3v) is 2.97. The van der Waals surface area contributed by atoms with Gasteiger partial charge in [0.15, 0.2) is 0 Å². The lowest BCUT2D eigenvalue weighted by molar-refractivity contribution is -0.150. The molecular formula is C12H22O3. The fourth-order valence-corrected chi connectivity index (χ4v) is 2.25. The summed E-state index contributed by atoms with van der Waals surface area (Å²) in [5.74, 6) is -0.991. The maximum absolute atomic E-state index is 11.1. The highest BCUT2D eigenvalue weighted by Crippen LogP contribution is 2.26. The Balaban J connectivity index is 2.60. The van der Waals surface area contributed by atoms with Crippen LogP contribution in [0.25, 0.3) is 0 Å². The molecule has 2 atom stereocenters. The molecule has 88 valence electrons. The largest absolute Gasteiger partial charge is 0.481 e. The van der Waals surface area contributed by atoms with Gasteiger partial charge < -0.3 is 9.84 Å². The maximum Gasteiger partial charge on any atom is 0.309 e. The lowest BCUT2D eigenvalue weighted by atomic mass is 9.88. The molecule has 1 fully saturated rings. The van der Waals surface area contributed by atoms with Gasteiger partial charge in [-0.1, -0.05) is 25.7 Å². The van der Waals surface area contributed by atoms with Crippen molar-refractivity contribution >= 4 is 5.97 Å². The van der Waals surface area contributed by atoms with E-state index in [0.29, 0.717) is 0 Å². The van der Waals surface area contributed by atoms with Crippen LogP contribution in [0.3, 0.4) is 0 Å². The molecule has 0 bridgehead atoms. The molecule has 1 rings (SSSR count). The first kappa shape index (κ1) is 12.5. The molecule has 0 aromatic rings. The van der Waals surface area contributed by atoms with E-state index in [1.54, 1.807) is 0 Å². The third kappa shape index (κ3) is 4.20. The van der Waals surface area contributed by atoms with E-state index in [1.165, 1.54) is 6.42 Å². The van der Waals surface area contributed by atoms with Gasteiger partial charge in [-0.05, 0) is 26.7 Å². The van der Waals surface area contributed by atoms with Crippen molar-refractivity contribution in [3.8, 4) is 0 Å². The van der Waals surface area contributed by atoms with Crippen LogP contribution in [0.5, 0.6) is 0 Å². The molecule has 0 aliphatic heterocycles. The molecule has 1 N–H and O–H groups in total. The van der Waals surface area contributed by atoms with Gasteiger partial charge in [0.1, 0.15) is 0 Å². The van der Waals surface area contributed by atoms with Crippen molar-refractivity contribution in [3.05, 3.63) is 0 Å². The molecule has 0 saturated heterocycles. The molecule has 3 heteroatoms. The topological polar surface area (TPSA) is 46.5 Å². The number of hydrogen-bond acceptors (Lipinski definition) is 2. The smallest absolute Gasteiger partial charge is 0.309 e. The van der Waals surface area contributed by atoms with E-state index in [0.717, 1.165) is 32.1 Å². The predicted molar refractivity (Wildman–Crippen MR) is 58.8 cm³/mol. The quantitative estimate of drug-likeness (QED) is 0.785. The Kier molecular flexibility index (Phi) is 5.09. The summed E-state index contributed by atoms with van der Waals surface area (Å²) >= 11 is 0. The summed E-state index contributed by atoms with van der Waals surface area (Å²) in [5.41, 5.74) is 0. The highest BCUT2D eigenvalue weighted by Gasteiger charge is 2.29. The second-order valence-corrected chi connectivity index (χ2v) is 4.66. The number of hydrogen-bond donors (Lipinski definition) is 1. The Hall–Kier alpha value is -0.570. The van der Waals surface area contributed by atoms with Crippen molar-refractivity contribution in [2.24, 2.45) is 5.92 Å². The highest BCUT2D eigenvalue weighted by molar-refractivity contribution is 5.70. The molecule has 0 spiro atoms. The molecule has 0 aromatic heterocycles. The minimum atomic E-state index is -0.692. The van der Waals surface area contributed by atoms with Crippen LogP contribution in [0.2, 0.25) is 0 Å². The van der Waals surface area contributed by atoms with Crippen molar-refractivity contribution in [3.63, 3.8) is 0 Å². The number of carboxylic acid groups (broad SMARTS) is 1. The van der Waals surface area contributed by atoms with Gasteiger partial charge in [0.25, 0.3) is 0 Å². The first-order chi connectivity index (χ1) is 7.11. The minimum Gasteiger partial charge on any atom is -0.481 e. The van der Waals surface area contributed by atoms with E-state index < -0.39 is 5.97 Å². The average Bonchev–Trinajstić information content (AvgIpc) is 2.08. The number of carbonyl (C=O) groups is 1. The van der Waals surface area contributed by atoms with Gasteiger partial charge >= 0.3 is 5.97 Å². The number of rotatable bonds is 3. The molecule has 1 saturated carbocycles.